The van der Waals surface area contributed by atoms with Crippen LogP contribution in [-0.2, 0) is 4.79 Å². The summed E-state index contributed by atoms with van der Waals surface area (Å²) in [4.78, 5) is 11.5. The van der Waals surface area contributed by atoms with Crippen LogP contribution >= 0.6 is 0 Å². The Balaban J connectivity index is 4.17. The summed E-state index contributed by atoms with van der Waals surface area (Å²) in [6, 6.07) is 0. The zero-order valence-corrected chi connectivity index (χ0v) is 16.3. The van der Waals surface area contributed by atoms with Gasteiger partial charge in [-0.25, -0.2) is 0 Å². The normalized spacial score (nSPS) is 13.2. The maximum absolute atomic E-state index is 11.5. The highest BCUT2D eigenvalue weighted by molar-refractivity contribution is 5.70. The Morgan fingerprint density at radius 2 is 1.13 bits per heavy atom. The van der Waals surface area contributed by atoms with Crippen LogP contribution in [0, 0.1) is 11.3 Å². The molecule has 0 bridgehead atoms. The Kier molecular flexibility index (Phi) is 13.5. The molecule has 0 fully saturated rings. The molecule has 0 aromatic heterocycles. The molecule has 0 heterocycles. The summed E-state index contributed by atoms with van der Waals surface area (Å²) in [6.07, 6.45) is 17.6. The molecule has 0 aliphatic rings. The van der Waals surface area contributed by atoms with Crippen LogP contribution in [-0.4, -0.2) is 11.1 Å². The van der Waals surface area contributed by atoms with Crippen molar-refractivity contribution in [2.24, 2.45) is 11.3 Å². The monoisotopic (exact) mass is 326 g/mol. The van der Waals surface area contributed by atoms with Crippen molar-refractivity contribution in [2.45, 2.75) is 118 Å². The average molecular weight is 327 g/mol. The van der Waals surface area contributed by atoms with Crippen molar-refractivity contribution >= 4 is 5.97 Å². The van der Waals surface area contributed by atoms with E-state index in [1.54, 1.807) is 0 Å². The van der Waals surface area contributed by atoms with Crippen LogP contribution in [0.25, 0.3) is 0 Å². The first kappa shape index (κ1) is 22.5. The topological polar surface area (TPSA) is 37.3 Å². The van der Waals surface area contributed by atoms with Crippen molar-refractivity contribution in [3.05, 3.63) is 0 Å². The molecule has 0 amide bonds. The molecule has 138 valence electrons. The number of aliphatic carboxylic acids is 1. The molecule has 23 heavy (non-hydrogen) atoms. The number of carboxylic acids is 1. The van der Waals surface area contributed by atoms with Crippen molar-refractivity contribution in [1.82, 2.24) is 0 Å². The highest BCUT2D eigenvalue weighted by atomic mass is 16.4. The Morgan fingerprint density at radius 1 is 0.783 bits per heavy atom. The molecule has 0 saturated heterocycles. The van der Waals surface area contributed by atoms with Crippen LogP contribution < -0.4 is 0 Å². The Morgan fingerprint density at radius 3 is 1.48 bits per heavy atom. The summed E-state index contributed by atoms with van der Waals surface area (Å²) in [7, 11) is 0. The van der Waals surface area contributed by atoms with Crippen molar-refractivity contribution < 1.29 is 9.90 Å². The second-order valence-corrected chi connectivity index (χ2v) is 7.75. The maximum atomic E-state index is 11.5. The SMILES string of the molecule is CCCCCCCCC(C)(CCCCCCCC)C(C)C(=O)O. The summed E-state index contributed by atoms with van der Waals surface area (Å²) >= 11 is 0. The minimum Gasteiger partial charge on any atom is -0.481 e. The lowest BCUT2D eigenvalue weighted by Crippen LogP contribution is -2.31. The van der Waals surface area contributed by atoms with Gasteiger partial charge in [0.15, 0.2) is 0 Å². The molecule has 2 heteroatoms. The van der Waals surface area contributed by atoms with Gasteiger partial charge in [-0.1, -0.05) is 105 Å². The van der Waals surface area contributed by atoms with E-state index >= 15 is 0 Å². The Bertz CT molecular complexity index is 270. The van der Waals surface area contributed by atoms with E-state index < -0.39 is 5.97 Å². The number of hydrogen-bond donors (Lipinski definition) is 1. The van der Waals surface area contributed by atoms with Gasteiger partial charge in [-0.2, -0.15) is 0 Å². The largest absolute Gasteiger partial charge is 0.481 e. The summed E-state index contributed by atoms with van der Waals surface area (Å²) in [5.41, 5.74) is -0.0264. The number of carbonyl (C=O) groups is 1. The average Bonchev–Trinajstić information content (AvgIpc) is 2.53. The summed E-state index contributed by atoms with van der Waals surface area (Å²) in [5, 5.41) is 9.46. The van der Waals surface area contributed by atoms with Gasteiger partial charge in [0.25, 0.3) is 0 Å². The number of carboxylic acid groups (broad SMARTS) is 1. The van der Waals surface area contributed by atoms with Gasteiger partial charge < -0.3 is 5.11 Å². The fourth-order valence-corrected chi connectivity index (χ4v) is 3.47. The first-order valence-electron chi connectivity index (χ1n) is 10.2. The second-order valence-electron chi connectivity index (χ2n) is 7.75. The maximum Gasteiger partial charge on any atom is 0.306 e. The van der Waals surface area contributed by atoms with Crippen molar-refractivity contribution in [1.29, 1.82) is 0 Å². The van der Waals surface area contributed by atoms with Gasteiger partial charge in [0.1, 0.15) is 0 Å². The Hall–Kier alpha value is -0.530. The molecular formula is C21H42O2. The highest BCUT2D eigenvalue weighted by Gasteiger charge is 2.34. The lowest BCUT2D eigenvalue weighted by Gasteiger charge is -2.34. The van der Waals surface area contributed by atoms with Crippen molar-refractivity contribution in [2.75, 3.05) is 0 Å². The third-order valence-corrected chi connectivity index (χ3v) is 5.62. The number of rotatable bonds is 16. The molecule has 0 radical (unpaired) electrons. The summed E-state index contributed by atoms with van der Waals surface area (Å²) in [5.74, 6) is -0.849. The molecular weight excluding hydrogens is 284 g/mol. The van der Waals surface area contributed by atoms with Crippen LogP contribution in [0.1, 0.15) is 118 Å². The molecule has 0 saturated carbocycles. The predicted octanol–water partition coefficient (Wildman–Crippen LogP) is 7.21. The van der Waals surface area contributed by atoms with Gasteiger partial charge in [0, 0.05) is 0 Å². The molecule has 0 aliphatic heterocycles. The van der Waals surface area contributed by atoms with E-state index in [1.807, 2.05) is 6.92 Å². The molecule has 2 nitrogen and oxygen atoms in total. The molecule has 1 unspecified atom stereocenters. The minimum absolute atomic E-state index is 0.0264. The van der Waals surface area contributed by atoms with E-state index in [1.165, 1.54) is 77.0 Å². The van der Waals surface area contributed by atoms with Crippen LogP contribution in [0.5, 0.6) is 0 Å². The molecule has 1 N–H and O–H groups in total. The Labute approximate surface area is 145 Å². The minimum atomic E-state index is -0.621. The van der Waals surface area contributed by atoms with Gasteiger partial charge in [-0.05, 0) is 18.3 Å². The van der Waals surface area contributed by atoms with Gasteiger partial charge in [-0.15, -0.1) is 0 Å². The molecule has 0 aliphatic carbocycles. The summed E-state index contributed by atoms with van der Waals surface area (Å²) < 4.78 is 0. The molecule has 0 aromatic carbocycles. The lowest BCUT2D eigenvalue weighted by atomic mass is 9.70. The van der Waals surface area contributed by atoms with Crippen LogP contribution in [0.4, 0.5) is 0 Å². The van der Waals surface area contributed by atoms with Crippen LogP contribution in [0.15, 0.2) is 0 Å². The fraction of sp³-hybridized carbons (Fsp3) is 0.952. The first-order valence-corrected chi connectivity index (χ1v) is 10.2. The van der Waals surface area contributed by atoms with Crippen LogP contribution in [0.2, 0.25) is 0 Å². The van der Waals surface area contributed by atoms with Gasteiger partial charge in [-0.3, -0.25) is 4.79 Å². The molecule has 0 rings (SSSR count). The van der Waals surface area contributed by atoms with Gasteiger partial charge in [0.05, 0.1) is 5.92 Å². The molecule has 0 aromatic rings. The standard InChI is InChI=1S/C21H42O2/c1-5-7-9-11-13-15-17-21(4,19(3)20(22)23)18-16-14-12-10-8-6-2/h19H,5-18H2,1-4H3,(H,22,23). The quantitative estimate of drug-likeness (QED) is 0.304. The zero-order valence-electron chi connectivity index (χ0n) is 16.3. The van der Waals surface area contributed by atoms with E-state index in [4.69, 9.17) is 0 Å². The lowest BCUT2D eigenvalue weighted by molar-refractivity contribution is -0.146. The number of unbranched alkanes of at least 4 members (excludes halogenated alkanes) is 10. The van der Waals surface area contributed by atoms with E-state index in [2.05, 4.69) is 20.8 Å². The van der Waals surface area contributed by atoms with Crippen molar-refractivity contribution in [3.63, 3.8) is 0 Å². The third-order valence-electron chi connectivity index (χ3n) is 5.62. The van der Waals surface area contributed by atoms with Gasteiger partial charge in [0.2, 0.25) is 0 Å². The summed E-state index contributed by atoms with van der Waals surface area (Å²) in [6.45, 7) is 8.61. The predicted molar refractivity (Wildman–Crippen MR) is 101 cm³/mol. The molecule has 0 spiro atoms. The van der Waals surface area contributed by atoms with E-state index in [-0.39, 0.29) is 11.3 Å². The van der Waals surface area contributed by atoms with Crippen molar-refractivity contribution in [3.8, 4) is 0 Å². The molecule has 1 atom stereocenters. The smallest absolute Gasteiger partial charge is 0.306 e. The highest BCUT2D eigenvalue weighted by Crippen LogP contribution is 2.39. The van der Waals surface area contributed by atoms with E-state index in [0.717, 1.165) is 12.8 Å². The zero-order chi connectivity index (χ0) is 17.6. The number of hydrogen-bond acceptors (Lipinski definition) is 1. The van der Waals surface area contributed by atoms with Crippen LogP contribution in [0.3, 0.4) is 0 Å². The third kappa shape index (κ3) is 10.8. The first-order chi connectivity index (χ1) is 11.0. The van der Waals surface area contributed by atoms with E-state index in [9.17, 15) is 9.90 Å². The second kappa shape index (κ2) is 13.9. The van der Waals surface area contributed by atoms with E-state index in [0.29, 0.717) is 0 Å². The van der Waals surface area contributed by atoms with Gasteiger partial charge >= 0.3 is 5.97 Å². The fourth-order valence-electron chi connectivity index (χ4n) is 3.47.